The second-order valence-corrected chi connectivity index (χ2v) is 6.01. The molecule has 0 aromatic carbocycles. The lowest BCUT2D eigenvalue weighted by Crippen LogP contribution is -2.41. The summed E-state index contributed by atoms with van der Waals surface area (Å²) < 4.78 is 0. The van der Waals surface area contributed by atoms with Crippen molar-refractivity contribution in [3.05, 3.63) is 24.3 Å². The number of rotatable bonds is 11. The molecule has 1 N–H and O–H groups in total. The smallest absolute Gasteiger partial charge is 0.274 e. The maximum Gasteiger partial charge on any atom is 0.274 e. The molecular formula is C18H30N4O2. The van der Waals surface area contributed by atoms with E-state index in [-0.39, 0.29) is 17.9 Å². The molecule has 2 amide bonds. The molecule has 1 heterocycles. The number of nitrogens with zero attached hydrogens (tertiary/aromatic N) is 3. The molecule has 1 rings (SSSR count). The van der Waals surface area contributed by atoms with E-state index in [0.717, 1.165) is 19.3 Å². The van der Waals surface area contributed by atoms with Gasteiger partial charge < -0.3 is 10.2 Å². The minimum atomic E-state index is -0.173. The molecule has 0 saturated heterocycles. The highest BCUT2D eigenvalue weighted by atomic mass is 16.2. The molecule has 6 nitrogen and oxygen atoms in total. The van der Waals surface area contributed by atoms with Crippen LogP contribution in [0.3, 0.4) is 0 Å². The first-order valence-electron chi connectivity index (χ1n) is 8.93. The number of carbonyl (C=O) groups is 2. The first-order valence-corrected chi connectivity index (χ1v) is 8.93. The fraction of sp³-hybridized carbons (Fsp3) is 0.667. The molecule has 0 radical (unpaired) electrons. The van der Waals surface area contributed by atoms with E-state index in [9.17, 15) is 9.59 Å². The summed E-state index contributed by atoms with van der Waals surface area (Å²) >= 11 is 0. The number of amides is 2. The highest BCUT2D eigenvalue weighted by Crippen LogP contribution is 2.09. The molecular weight excluding hydrogens is 304 g/mol. The van der Waals surface area contributed by atoms with Crippen LogP contribution < -0.4 is 5.32 Å². The predicted octanol–water partition coefficient (Wildman–Crippen LogP) is 2.80. The third-order valence-electron chi connectivity index (χ3n) is 4.10. The molecule has 0 fully saturated rings. The third-order valence-corrected chi connectivity index (χ3v) is 4.10. The van der Waals surface area contributed by atoms with Crippen molar-refractivity contribution in [2.75, 3.05) is 13.1 Å². The monoisotopic (exact) mass is 334 g/mol. The van der Waals surface area contributed by atoms with Crippen molar-refractivity contribution < 1.29 is 9.59 Å². The van der Waals surface area contributed by atoms with E-state index >= 15 is 0 Å². The molecule has 1 aromatic rings. The van der Waals surface area contributed by atoms with Crippen LogP contribution in [0.15, 0.2) is 18.6 Å². The Kier molecular flexibility index (Phi) is 9.65. The summed E-state index contributed by atoms with van der Waals surface area (Å²) in [6.07, 6.45) is 10.2. The molecule has 0 aliphatic rings. The standard InChI is InChI=1S/C18H30N4O2/c1-4-6-7-8-10-21-17(23)9-13-22(15(3)5-2)18(24)16-14-19-11-12-20-16/h11-12,14-15H,4-10,13H2,1-3H3,(H,21,23)/t15-/m1/s1. The number of unbranched alkanes of at least 4 members (excludes halogenated alkanes) is 3. The van der Waals surface area contributed by atoms with E-state index in [4.69, 9.17) is 0 Å². The van der Waals surface area contributed by atoms with Gasteiger partial charge in [-0.2, -0.15) is 0 Å². The van der Waals surface area contributed by atoms with Gasteiger partial charge in [-0.3, -0.25) is 14.6 Å². The van der Waals surface area contributed by atoms with Gasteiger partial charge in [0.15, 0.2) is 0 Å². The summed E-state index contributed by atoms with van der Waals surface area (Å²) in [7, 11) is 0. The zero-order chi connectivity index (χ0) is 17.8. The number of carbonyl (C=O) groups excluding carboxylic acids is 2. The zero-order valence-electron chi connectivity index (χ0n) is 15.1. The van der Waals surface area contributed by atoms with E-state index in [1.54, 1.807) is 4.90 Å². The Morgan fingerprint density at radius 3 is 2.62 bits per heavy atom. The summed E-state index contributed by atoms with van der Waals surface area (Å²) in [4.78, 5) is 34.3. The molecule has 0 spiro atoms. The Labute approximate surface area is 145 Å². The van der Waals surface area contributed by atoms with E-state index in [1.165, 1.54) is 31.4 Å². The van der Waals surface area contributed by atoms with Gasteiger partial charge in [0.1, 0.15) is 5.69 Å². The van der Waals surface area contributed by atoms with Crippen LogP contribution in [-0.2, 0) is 4.79 Å². The second kappa shape index (κ2) is 11.5. The molecule has 0 aliphatic carbocycles. The highest BCUT2D eigenvalue weighted by molar-refractivity contribution is 5.92. The van der Waals surface area contributed by atoms with Gasteiger partial charge in [-0.25, -0.2) is 4.98 Å². The summed E-state index contributed by atoms with van der Waals surface area (Å²) in [6, 6.07) is 0.0526. The number of nitrogens with one attached hydrogen (secondary N) is 1. The van der Waals surface area contributed by atoms with E-state index in [1.807, 2.05) is 13.8 Å². The summed E-state index contributed by atoms with van der Waals surface area (Å²) in [5, 5.41) is 2.93. The number of hydrogen-bond donors (Lipinski definition) is 1. The maximum atomic E-state index is 12.6. The minimum Gasteiger partial charge on any atom is -0.356 e. The Balaban J connectivity index is 2.49. The average Bonchev–Trinajstić information content (AvgIpc) is 2.61. The Morgan fingerprint density at radius 1 is 1.21 bits per heavy atom. The average molecular weight is 334 g/mol. The zero-order valence-corrected chi connectivity index (χ0v) is 15.1. The molecule has 1 aromatic heterocycles. The summed E-state index contributed by atoms with van der Waals surface area (Å²) in [5.74, 6) is -0.181. The van der Waals surface area contributed by atoms with Crippen molar-refractivity contribution in [3.8, 4) is 0 Å². The van der Waals surface area contributed by atoms with Gasteiger partial charge in [0, 0.05) is 37.9 Å². The molecule has 134 valence electrons. The van der Waals surface area contributed by atoms with E-state index in [0.29, 0.717) is 25.2 Å². The van der Waals surface area contributed by atoms with Crippen molar-refractivity contribution in [2.45, 2.75) is 65.3 Å². The van der Waals surface area contributed by atoms with Gasteiger partial charge in [0.05, 0.1) is 6.20 Å². The predicted molar refractivity (Wildman–Crippen MR) is 94.6 cm³/mol. The van der Waals surface area contributed by atoms with Crippen molar-refractivity contribution in [2.24, 2.45) is 0 Å². The van der Waals surface area contributed by atoms with E-state index < -0.39 is 0 Å². The van der Waals surface area contributed by atoms with Crippen molar-refractivity contribution in [1.82, 2.24) is 20.2 Å². The Bertz CT molecular complexity index is 493. The quantitative estimate of drug-likeness (QED) is 0.631. The number of hydrogen-bond acceptors (Lipinski definition) is 4. The van der Waals surface area contributed by atoms with Crippen LogP contribution in [0.5, 0.6) is 0 Å². The lowest BCUT2D eigenvalue weighted by atomic mass is 10.2. The van der Waals surface area contributed by atoms with Crippen LogP contribution in [0.1, 0.15) is 69.8 Å². The molecule has 0 unspecified atom stereocenters. The normalized spacial score (nSPS) is 11.8. The fourth-order valence-corrected chi connectivity index (χ4v) is 2.39. The molecule has 0 saturated carbocycles. The van der Waals surface area contributed by atoms with Crippen LogP contribution in [0.25, 0.3) is 0 Å². The lowest BCUT2D eigenvalue weighted by Gasteiger charge is -2.28. The van der Waals surface area contributed by atoms with E-state index in [2.05, 4.69) is 22.2 Å². The van der Waals surface area contributed by atoms with Gasteiger partial charge in [0.25, 0.3) is 5.91 Å². The first-order chi connectivity index (χ1) is 11.6. The highest BCUT2D eigenvalue weighted by Gasteiger charge is 2.22. The van der Waals surface area contributed by atoms with Crippen LogP contribution in [0.2, 0.25) is 0 Å². The number of aromatic nitrogens is 2. The molecule has 0 bridgehead atoms. The topological polar surface area (TPSA) is 75.2 Å². The van der Waals surface area contributed by atoms with Gasteiger partial charge in [-0.1, -0.05) is 33.1 Å². The van der Waals surface area contributed by atoms with Gasteiger partial charge >= 0.3 is 0 Å². The van der Waals surface area contributed by atoms with Crippen molar-refractivity contribution >= 4 is 11.8 Å². The Morgan fingerprint density at radius 2 is 2.00 bits per heavy atom. The SMILES string of the molecule is CCCCCCNC(=O)CCN(C(=O)c1cnccn1)[C@H](C)CC. The molecule has 24 heavy (non-hydrogen) atoms. The van der Waals surface area contributed by atoms with Gasteiger partial charge in [0.2, 0.25) is 5.91 Å². The summed E-state index contributed by atoms with van der Waals surface area (Å²) in [6.45, 7) is 7.27. The lowest BCUT2D eigenvalue weighted by molar-refractivity contribution is -0.121. The molecule has 1 atom stereocenters. The minimum absolute atomic E-state index is 0.00764. The first kappa shape index (κ1) is 20.1. The van der Waals surface area contributed by atoms with Crippen molar-refractivity contribution in [3.63, 3.8) is 0 Å². The Hall–Kier alpha value is -1.98. The van der Waals surface area contributed by atoms with Gasteiger partial charge in [-0.15, -0.1) is 0 Å². The van der Waals surface area contributed by atoms with Crippen LogP contribution >= 0.6 is 0 Å². The molecule has 0 aliphatic heterocycles. The fourth-order valence-electron chi connectivity index (χ4n) is 2.39. The third kappa shape index (κ3) is 7.06. The maximum absolute atomic E-state index is 12.6. The van der Waals surface area contributed by atoms with Crippen LogP contribution in [0, 0.1) is 0 Å². The van der Waals surface area contributed by atoms with Crippen molar-refractivity contribution in [1.29, 1.82) is 0 Å². The largest absolute Gasteiger partial charge is 0.356 e. The molecule has 6 heteroatoms. The van der Waals surface area contributed by atoms with Gasteiger partial charge in [-0.05, 0) is 19.8 Å². The summed E-state index contributed by atoms with van der Waals surface area (Å²) in [5.41, 5.74) is 0.317. The van der Waals surface area contributed by atoms with Crippen LogP contribution in [-0.4, -0.2) is 45.8 Å². The van der Waals surface area contributed by atoms with Crippen LogP contribution in [0.4, 0.5) is 0 Å². The second-order valence-electron chi connectivity index (χ2n) is 6.01.